The van der Waals surface area contributed by atoms with Gasteiger partial charge in [0.25, 0.3) is 5.91 Å². The van der Waals surface area contributed by atoms with Crippen molar-refractivity contribution in [3.8, 4) is 5.75 Å². The highest BCUT2D eigenvalue weighted by Gasteiger charge is 2.45. The SMILES string of the molecule is CCC(C)(Oc1cc(C)c(N)c(C)c1C)C(=O)NC1CCN(CC(O)NC2(c3ccccc3)CC2)CC1. The van der Waals surface area contributed by atoms with E-state index in [1.165, 1.54) is 5.56 Å². The fourth-order valence-electron chi connectivity index (χ4n) is 5.30. The lowest BCUT2D eigenvalue weighted by Crippen LogP contribution is -2.55. The Kier molecular flexibility index (Phi) is 8.17. The molecule has 1 saturated heterocycles. The minimum atomic E-state index is -0.965. The first kappa shape index (κ1) is 27.4. The minimum Gasteiger partial charge on any atom is -0.477 e. The molecule has 4 rings (SSSR count). The highest BCUT2D eigenvalue weighted by Crippen LogP contribution is 2.45. The number of carbonyl (C=O) groups excluding carboxylic acids is 1. The lowest BCUT2D eigenvalue weighted by Gasteiger charge is -2.36. The molecule has 0 bridgehead atoms. The summed E-state index contributed by atoms with van der Waals surface area (Å²) in [4.78, 5) is 15.6. The van der Waals surface area contributed by atoms with E-state index in [-0.39, 0.29) is 17.5 Å². The number of anilines is 1. The summed E-state index contributed by atoms with van der Waals surface area (Å²) < 4.78 is 6.35. The number of hydrogen-bond acceptors (Lipinski definition) is 6. The Morgan fingerprint density at radius 2 is 1.84 bits per heavy atom. The number of ether oxygens (including phenoxy) is 1. The number of amides is 1. The average molecular weight is 509 g/mol. The third-order valence-corrected chi connectivity index (χ3v) is 8.47. The van der Waals surface area contributed by atoms with Gasteiger partial charge in [-0.25, -0.2) is 0 Å². The van der Waals surface area contributed by atoms with Gasteiger partial charge in [-0.15, -0.1) is 0 Å². The first-order valence-electron chi connectivity index (χ1n) is 13.7. The van der Waals surface area contributed by atoms with Crippen LogP contribution in [0.2, 0.25) is 0 Å². The smallest absolute Gasteiger partial charge is 0.264 e. The number of benzene rings is 2. The summed E-state index contributed by atoms with van der Waals surface area (Å²) >= 11 is 0. The molecule has 2 aromatic carbocycles. The summed E-state index contributed by atoms with van der Waals surface area (Å²) in [6.45, 7) is 12.0. The normalized spacial score (nSPS) is 20.2. The zero-order chi connectivity index (χ0) is 26.8. The van der Waals surface area contributed by atoms with Crippen LogP contribution >= 0.6 is 0 Å². The molecule has 1 heterocycles. The quantitative estimate of drug-likeness (QED) is 0.287. The molecule has 202 valence electrons. The molecule has 2 atom stereocenters. The number of nitrogens with one attached hydrogen (secondary N) is 2. The number of aliphatic hydroxyl groups is 1. The Morgan fingerprint density at radius 3 is 2.43 bits per heavy atom. The maximum Gasteiger partial charge on any atom is 0.264 e. The lowest BCUT2D eigenvalue weighted by molar-refractivity contribution is -0.137. The van der Waals surface area contributed by atoms with Crippen LogP contribution in [0.25, 0.3) is 0 Å². The molecule has 2 aromatic rings. The van der Waals surface area contributed by atoms with E-state index >= 15 is 0 Å². The average Bonchev–Trinajstić information content (AvgIpc) is 3.67. The third-order valence-electron chi connectivity index (χ3n) is 8.47. The Balaban J connectivity index is 1.28. The van der Waals surface area contributed by atoms with Gasteiger partial charge in [-0.2, -0.15) is 0 Å². The molecule has 2 unspecified atom stereocenters. The lowest BCUT2D eigenvalue weighted by atomic mass is 9.97. The van der Waals surface area contributed by atoms with Crippen molar-refractivity contribution >= 4 is 11.6 Å². The van der Waals surface area contributed by atoms with Crippen molar-refractivity contribution in [3.05, 3.63) is 58.7 Å². The van der Waals surface area contributed by atoms with Crippen molar-refractivity contribution < 1.29 is 14.6 Å². The molecule has 1 amide bonds. The first-order chi connectivity index (χ1) is 17.6. The number of nitrogens with two attached hydrogens (primary N) is 1. The fraction of sp³-hybridized carbons (Fsp3) is 0.567. The maximum atomic E-state index is 13.3. The number of likely N-dealkylation sites (tertiary alicyclic amines) is 1. The number of β-amino-alcohol motifs (C(OH)–C–C–N with tert-alkyl or cyclic N) is 1. The maximum absolute atomic E-state index is 13.3. The van der Waals surface area contributed by atoms with Gasteiger partial charge in [-0.05, 0) is 88.1 Å². The van der Waals surface area contributed by atoms with Crippen LogP contribution in [0.5, 0.6) is 5.75 Å². The van der Waals surface area contributed by atoms with Crippen molar-refractivity contribution in [1.29, 1.82) is 0 Å². The highest BCUT2D eigenvalue weighted by molar-refractivity contribution is 5.85. The number of nitrogen functional groups attached to an aromatic ring is 1. The molecular formula is C30H44N4O3. The van der Waals surface area contributed by atoms with Gasteiger partial charge in [-0.3, -0.25) is 15.0 Å². The van der Waals surface area contributed by atoms with Gasteiger partial charge in [0, 0.05) is 36.9 Å². The summed E-state index contributed by atoms with van der Waals surface area (Å²) in [5.41, 5.74) is 10.1. The second-order valence-electron chi connectivity index (χ2n) is 11.2. The Hall–Kier alpha value is -2.61. The van der Waals surface area contributed by atoms with Crippen molar-refractivity contribution in [2.75, 3.05) is 25.4 Å². The van der Waals surface area contributed by atoms with Gasteiger partial charge in [0.1, 0.15) is 12.0 Å². The zero-order valence-corrected chi connectivity index (χ0v) is 23.1. The van der Waals surface area contributed by atoms with E-state index in [0.29, 0.717) is 18.7 Å². The van der Waals surface area contributed by atoms with E-state index in [2.05, 4.69) is 39.8 Å². The van der Waals surface area contributed by atoms with Gasteiger partial charge in [0.15, 0.2) is 5.60 Å². The number of hydrogen-bond donors (Lipinski definition) is 4. The van der Waals surface area contributed by atoms with Gasteiger partial charge >= 0.3 is 0 Å². The van der Waals surface area contributed by atoms with Gasteiger partial charge < -0.3 is 20.9 Å². The summed E-state index contributed by atoms with van der Waals surface area (Å²) in [6.07, 6.45) is 3.77. The predicted octanol–water partition coefficient (Wildman–Crippen LogP) is 3.92. The van der Waals surface area contributed by atoms with Crippen molar-refractivity contribution in [2.24, 2.45) is 0 Å². The topological polar surface area (TPSA) is 99.8 Å². The molecule has 37 heavy (non-hydrogen) atoms. The summed E-state index contributed by atoms with van der Waals surface area (Å²) in [6, 6.07) is 12.4. The van der Waals surface area contributed by atoms with Crippen LogP contribution in [0.3, 0.4) is 0 Å². The van der Waals surface area contributed by atoms with E-state index in [0.717, 1.165) is 61.2 Å². The fourth-order valence-corrected chi connectivity index (χ4v) is 5.30. The van der Waals surface area contributed by atoms with E-state index in [1.807, 2.05) is 46.8 Å². The zero-order valence-electron chi connectivity index (χ0n) is 23.1. The minimum absolute atomic E-state index is 0.0831. The summed E-state index contributed by atoms with van der Waals surface area (Å²) in [7, 11) is 0. The second kappa shape index (κ2) is 11.0. The summed E-state index contributed by atoms with van der Waals surface area (Å²) in [5, 5.41) is 17.5. The Bertz CT molecular complexity index is 1090. The van der Waals surface area contributed by atoms with Crippen LogP contribution < -0.4 is 21.1 Å². The number of carbonyl (C=O) groups is 1. The number of nitrogens with zero attached hydrogens (tertiary/aromatic N) is 1. The van der Waals surface area contributed by atoms with Crippen LogP contribution in [0.1, 0.15) is 68.2 Å². The predicted molar refractivity (Wildman–Crippen MR) is 148 cm³/mol. The highest BCUT2D eigenvalue weighted by atomic mass is 16.5. The molecule has 0 aromatic heterocycles. The molecule has 0 radical (unpaired) electrons. The molecule has 1 aliphatic carbocycles. The Morgan fingerprint density at radius 1 is 1.19 bits per heavy atom. The number of piperidine rings is 1. The second-order valence-corrected chi connectivity index (χ2v) is 11.2. The number of aliphatic hydroxyl groups excluding tert-OH is 1. The molecule has 1 aliphatic heterocycles. The first-order valence-corrected chi connectivity index (χ1v) is 13.7. The van der Waals surface area contributed by atoms with Crippen molar-refractivity contribution in [3.63, 3.8) is 0 Å². The van der Waals surface area contributed by atoms with Crippen LogP contribution in [0.15, 0.2) is 36.4 Å². The van der Waals surface area contributed by atoms with Crippen LogP contribution in [0.4, 0.5) is 5.69 Å². The van der Waals surface area contributed by atoms with E-state index in [9.17, 15) is 9.90 Å². The molecule has 5 N–H and O–H groups in total. The van der Waals surface area contributed by atoms with E-state index < -0.39 is 11.8 Å². The monoisotopic (exact) mass is 508 g/mol. The number of rotatable bonds is 10. The molecular weight excluding hydrogens is 464 g/mol. The van der Waals surface area contributed by atoms with Crippen LogP contribution in [-0.2, 0) is 10.3 Å². The van der Waals surface area contributed by atoms with Crippen LogP contribution in [-0.4, -0.2) is 53.4 Å². The van der Waals surface area contributed by atoms with Gasteiger partial charge in [0.2, 0.25) is 0 Å². The number of aryl methyl sites for hydroxylation is 1. The standard InChI is InChI=1S/C30H44N4O3/c1-6-29(5,37-25-18-20(2)27(31)22(4)21(25)3)28(36)32-24-12-16-34(17-13-24)19-26(35)33-30(14-15-30)23-10-8-7-9-11-23/h7-11,18,24,26,33,35H,6,12-17,19,31H2,1-5H3,(H,32,36). The molecule has 0 spiro atoms. The Labute approximate surface area is 221 Å². The molecule has 2 aliphatic rings. The summed E-state index contributed by atoms with van der Waals surface area (Å²) in [5.74, 6) is 0.629. The van der Waals surface area contributed by atoms with Crippen molar-refractivity contribution in [1.82, 2.24) is 15.5 Å². The van der Waals surface area contributed by atoms with E-state index in [1.54, 1.807) is 0 Å². The molecule has 2 fully saturated rings. The molecule has 7 nitrogen and oxygen atoms in total. The largest absolute Gasteiger partial charge is 0.477 e. The van der Waals surface area contributed by atoms with Gasteiger partial charge in [-0.1, -0.05) is 37.3 Å². The van der Waals surface area contributed by atoms with Gasteiger partial charge in [0.05, 0.1) is 0 Å². The third kappa shape index (κ3) is 6.11. The molecule has 7 heteroatoms. The molecule has 1 saturated carbocycles. The van der Waals surface area contributed by atoms with Crippen molar-refractivity contribution in [2.45, 2.75) is 90.1 Å². The van der Waals surface area contributed by atoms with E-state index in [4.69, 9.17) is 10.5 Å². The van der Waals surface area contributed by atoms with Crippen LogP contribution in [0, 0.1) is 20.8 Å².